The largest absolute Gasteiger partial charge is 0.333 e. The van der Waals surface area contributed by atoms with E-state index in [4.69, 9.17) is 0 Å². The average molecular weight is 377 g/mol. The minimum Gasteiger partial charge on any atom is -0.333 e. The van der Waals surface area contributed by atoms with Crippen molar-refractivity contribution >= 4 is 17.6 Å². The van der Waals surface area contributed by atoms with Gasteiger partial charge in [-0.15, -0.1) is 0 Å². The van der Waals surface area contributed by atoms with E-state index in [2.05, 4.69) is 17.4 Å². The van der Waals surface area contributed by atoms with Crippen LogP contribution in [0.25, 0.3) is 0 Å². The van der Waals surface area contributed by atoms with Crippen molar-refractivity contribution in [3.8, 4) is 0 Å². The van der Waals surface area contributed by atoms with Gasteiger partial charge in [-0.05, 0) is 42.9 Å². The zero-order valence-corrected chi connectivity index (χ0v) is 16.3. The molecule has 0 saturated carbocycles. The van der Waals surface area contributed by atoms with Gasteiger partial charge in [0.2, 0.25) is 5.91 Å². The van der Waals surface area contributed by atoms with Crippen LogP contribution in [0.1, 0.15) is 30.4 Å². The minimum atomic E-state index is -0.0746. The lowest BCUT2D eigenvalue weighted by atomic mass is 9.98. The van der Waals surface area contributed by atoms with E-state index in [1.54, 1.807) is 0 Å². The molecule has 2 atom stereocenters. The van der Waals surface area contributed by atoms with Crippen LogP contribution in [0.15, 0.2) is 54.6 Å². The number of anilines is 1. The molecule has 2 saturated heterocycles. The molecule has 146 valence electrons. The van der Waals surface area contributed by atoms with Gasteiger partial charge in [-0.3, -0.25) is 4.79 Å². The van der Waals surface area contributed by atoms with Gasteiger partial charge in [0.1, 0.15) is 0 Å². The molecule has 2 aromatic carbocycles. The van der Waals surface area contributed by atoms with Gasteiger partial charge in [0.15, 0.2) is 0 Å². The molecule has 28 heavy (non-hydrogen) atoms. The molecule has 1 N–H and O–H groups in total. The Hall–Kier alpha value is -2.82. The second-order valence-electron chi connectivity index (χ2n) is 7.88. The topological polar surface area (TPSA) is 52.7 Å². The summed E-state index contributed by atoms with van der Waals surface area (Å²) >= 11 is 0. The number of hydrogen-bond donors (Lipinski definition) is 1. The highest BCUT2D eigenvalue weighted by molar-refractivity contribution is 5.90. The summed E-state index contributed by atoms with van der Waals surface area (Å²) in [5.74, 6) is 0.551. The predicted octanol–water partition coefficient (Wildman–Crippen LogP) is 4.04. The fourth-order valence-corrected chi connectivity index (χ4v) is 4.39. The lowest BCUT2D eigenvalue weighted by molar-refractivity contribution is -0.133. The van der Waals surface area contributed by atoms with E-state index in [1.165, 1.54) is 0 Å². The monoisotopic (exact) mass is 377 g/mol. The van der Waals surface area contributed by atoms with E-state index in [0.29, 0.717) is 32.0 Å². The number of hydrogen-bond acceptors (Lipinski definition) is 2. The number of carbonyl (C=O) groups is 2. The van der Waals surface area contributed by atoms with Crippen molar-refractivity contribution in [2.24, 2.45) is 5.92 Å². The molecule has 0 aliphatic carbocycles. The van der Waals surface area contributed by atoms with Crippen LogP contribution < -0.4 is 5.32 Å². The molecule has 2 fully saturated rings. The van der Waals surface area contributed by atoms with Crippen LogP contribution in [-0.2, 0) is 11.3 Å². The molecule has 0 spiro atoms. The van der Waals surface area contributed by atoms with E-state index in [0.717, 1.165) is 29.7 Å². The number of carbonyl (C=O) groups excluding carboxylic acids is 2. The molecule has 5 nitrogen and oxygen atoms in total. The number of urea groups is 1. The summed E-state index contributed by atoms with van der Waals surface area (Å²) in [6, 6.07) is 17.9. The third-order valence-electron chi connectivity index (χ3n) is 5.96. The first kappa shape index (κ1) is 18.5. The number of benzene rings is 2. The highest BCUT2D eigenvalue weighted by atomic mass is 16.2. The molecule has 2 aliphatic rings. The first-order chi connectivity index (χ1) is 13.6. The molecule has 0 unspecified atom stereocenters. The van der Waals surface area contributed by atoms with Gasteiger partial charge >= 0.3 is 6.03 Å². The van der Waals surface area contributed by atoms with Crippen molar-refractivity contribution in [2.45, 2.75) is 38.8 Å². The van der Waals surface area contributed by atoms with Gasteiger partial charge in [-0.1, -0.05) is 48.5 Å². The number of fused-ring (bicyclic) bond motifs is 1. The fourth-order valence-electron chi connectivity index (χ4n) is 4.39. The quantitative estimate of drug-likeness (QED) is 0.878. The Bertz CT molecular complexity index is 852. The van der Waals surface area contributed by atoms with Crippen molar-refractivity contribution in [3.63, 3.8) is 0 Å². The number of nitrogens with zero attached hydrogens (tertiary/aromatic N) is 2. The number of likely N-dealkylation sites (tertiary alicyclic amines) is 2. The summed E-state index contributed by atoms with van der Waals surface area (Å²) in [5.41, 5.74) is 3.03. The Morgan fingerprint density at radius 1 is 1.07 bits per heavy atom. The van der Waals surface area contributed by atoms with Crippen LogP contribution in [0.3, 0.4) is 0 Å². The highest BCUT2D eigenvalue weighted by Crippen LogP contribution is 2.32. The smallest absolute Gasteiger partial charge is 0.321 e. The highest BCUT2D eigenvalue weighted by Gasteiger charge is 2.41. The average Bonchev–Trinajstić information content (AvgIpc) is 3.07. The van der Waals surface area contributed by atoms with Crippen molar-refractivity contribution in [2.75, 3.05) is 18.4 Å². The number of aryl methyl sites for hydroxylation is 1. The van der Waals surface area contributed by atoms with Gasteiger partial charge in [0.25, 0.3) is 0 Å². The molecule has 2 aromatic rings. The molecule has 2 aliphatic heterocycles. The molecule has 0 radical (unpaired) electrons. The first-order valence-electron chi connectivity index (χ1n) is 10.1. The Morgan fingerprint density at radius 3 is 2.61 bits per heavy atom. The maximum Gasteiger partial charge on any atom is 0.321 e. The molecule has 5 heteroatoms. The summed E-state index contributed by atoms with van der Waals surface area (Å²) in [4.78, 5) is 29.5. The van der Waals surface area contributed by atoms with Crippen LogP contribution in [0, 0.1) is 12.8 Å². The van der Waals surface area contributed by atoms with Gasteiger partial charge in [0.05, 0.1) is 6.04 Å². The van der Waals surface area contributed by atoms with Crippen molar-refractivity contribution in [3.05, 3.63) is 65.7 Å². The maximum absolute atomic E-state index is 12.9. The fraction of sp³-hybridized carbons (Fsp3) is 0.391. The minimum absolute atomic E-state index is 0.0746. The summed E-state index contributed by atoms with van der Waals surface area (Å²) < 4.78 is 0. The van der Waals surface area contributed by atoms with Crippen LogP contribution in [0.4, 0.5) is 10.5 Å². The van der Waals surface area contributed by atoms with Gasteiger partial charge in [0, 0.05) is 31.7 Å². The van der Waals surface area contributed by atoms with Crippen LogP contribution in [0.2, 0.25) is 0 Å². The SMILES string of the molecule is Cc1ccccc1NC(=O)N1C[C@H]2CCCC(=O)N(Cc3ccccc3)[C@H]2C1. The van der Waals surface area contributed by atoms with Crippen LogP contribution in [-0.4, -0.2) is 40.9 Å². The van der Waals surface area contributed by atoms with Gasteiger partial charge in [-0.25, -0.2) is 4.79 Å². The van der Waals surface area contributed by atoms with Crippen molar-refractivity contribution in [1.29, 1.82) is 0 Å². The lowest BCUT2D eigenvalue weighted by Crippen LogP contribution is -2.43. The second-order valence-corrected chi connectivity index (χ2v) is 7.88. The normalized spacial score (nSPS) is 22.0. The summed E-state index contributed by atoms with van der Waals surface area (Å²) in [6.07, 6.45) is 2.50. The number of amides is 3. The van der Waals surface area contributed by atoms with E-state index in [9.17, 15) is 9.59 Å². The Morgan fingerprint density at radius 2 is 1.82 bits per heavy atom. The van der Waals surface area contributed by atoms with E-state index >= 15 is 0 Å². The first-order valence-corrected chi connectivity index (χ1v) is 10.1. The van der Waals surface area contributed by atoms with E-state index < -0.39 is 0 Å². The summed E-state index contributed by atoms with van der Waals surface area (Å²) in [7, 11) is 0. The third kappa shape index (κ3) is 3.88. The number of rotatable bonds is 3. The van der Waals surface area contributed by atoms with Gasteiger partial charge < -0.3 is 15.1 Å². The maximum atomic E-state index is 12.9. The zero-order valence-electron chi connectivity index (χ0n) is 16.3. The van der Waals surface area contributed by atoms with E-state index in [1.807, 2.05) is 59.2 Å². The Kier molecular flexibility index (Phi) is 5.33. The second kappa shape index (κ2) is 8.05. The molecule has 0 aromatic heterocycles. The molecule has 2 heterocycles. The van der Waals surface area contributed by atoms with Crippen LogP contribution >= 0.6 is 0 Å². The lowest BCUT2D eigenvalue weighted by Gasteiger charge is -2.30. The molecular formula is C23H27N3O2. The molecule has 4 rings (SSSR count). The van der Waals surface area contributed by atoms with Gasteiger partial charge in [-0.2, -0.15) is 0 Å². The Balaban J connectivity index is 1.49. The van der Waals surface area contributed by atoms with E-state index in [-0.39, 0.29) is 18.0 Å². The standard InChI is InChI=1S/C23H27N3O2/c1-17-8-5-6-12-20(17)24-23(28)25-15-19-11-7-13-22(27)26(21(19)16-25)14-18-9-3-2-4-10-18/h2-6,8-10,12,19,21H,7,11,13-16H2,1H3,(H,24,28)/t19-,21+/m1/s1. The van der Waals surface area contributed by atoms with Crippen LogP contribution in [0.5, 0.6) is 0 Å². The molecular weight excluding hydrogens is 350 g/mol. The molecule has 3 amide bonds. The number of para-hydroxylation sites is 1. The summed E-state index contributed by atoms with van der Waals surface area (Å²) in [5, 5.41) is 3.04. The zero-order chi connectivity index (χ0) is 19.5. The third-order valence-corrected chi connectivity index (χ3v) is 5.96. The number of nitrogens with one attached hydrogen (secondary N) is 1. The summed E-state index contributed by atoms with van der Waals surface area (Å²) in [6.45, 7) is 3.92. The van der Waals surface area contributed by atoms with Crippen molar-refractivity contribution < 1.29 is 9.59 Å². The van der Waals surface area contributed by atoms with Crippen molar-refractivity contribution in [1.82, 2.24) is 9.80 Å². The predicted molar refractivity (Wildman–Crippen MR) is 110 cm³/mol. The Labute approximate surface area is 166 Å². The molecule has 0 bridgehead atoms.